The molecule has 5 heteroatoms. The lowest BCUT2D eigenvalue weighted by Gasteiger charge is -2.33. The van der Waals surface area contributed by atoms with Gasteiger partial charge in [0.1, 0.15) is 5.54 Å². The molecule has 1 amide bonds. The summed E-state index contributed by atoms with van der Waals surface area (Å²) in [6.07, 6.45) is 5.96. The molecular formula is C17H17NO4. The maximum Gasteiger partial charge on any atom is 0.231 e. The van der Waals surface area contributed by atoms with E-state index in [1.165, 1.54) is 0 Å². The van der Waals surface area contributed by atoms with E-state index in [1.807, 2.05) is 24.3 Å². The summed E-state index contributed by atoms with van der Waals surface area (Å²) in [5.74, 6) is 1.66. The van der Waals surface area contributed by atoms with Gasteiger partial charge in [-0.05, 0) is 43.0 Å². The Hall–Kier alpha value is -2.30. The normalized spacial score (nSPS) is 25.7. The van der Waals surface area contributed by atoms with Crippen LogP contribution in [-0.4, -0.2) is 35.5 Å². The molecule has 0 bridgehead atoms. The van der Waals surface area contributed by atoms with Gasteiger partial charge in [0.2, 0.25) is 12.7 Å². The maximum atomic E-state index is 12.2. The van der Waals surface area contributed by atoms with Crippen molar-refractivity contribution in [1.82, 2.24) is 4.90 Å². The molecule has 1 aromatic carbocycles. The lowest BCUT2D eigenvalue weighted by molar-refractivity contribution is -0.137. The fourth-order valence-electron chi connectivity index (χ4n) is 3.58. The van der Waals surface area contributed by atoms with Crippen LogP contribution in [0.5, 0.6) is 11.5 Å². The molecule has 1 aliphatic carbocycles. The number of benzene rings is 1. The molecule has 1 atom stereocenters. The van der Waals surface area contributed by atoms with E-state index in [4.69, 9.17) is 9.47 Å². The van der Waals surface area contributed by atoms with Gasteiger partial charge in [0.05, 0.1) is 0 Å². The van der Waals surface area contributed by atoms with Crippen molar-refractivity contribution in [1.29, 1.82) is 0 Å². The number of nitrogens with zero attached hydrogens (tertiary/aromatic N) is 1. The molecule has 1 saturated heterocycles. The van der Waals surface area contributed by atoms with Gasteiger partial charge in [0.15, 0.2) is 17.3 Å². The van der Waals surface area contributed by atoms with E-state index in [9.17, 15) is 9.59 Å². The molecular weight excluding hydrogens is 282 g/mol. The van der Waals surface area contributed by atoms with E-state index in [0.29, 0.717) is 32.2 Å². The second-order valence-electron chi connectivity index (χ2n) is 5.99. The molecule has 0 saturated carbocycles. The molecule has 1 aromatic rings. The van der Waals surface area contributed by atoms with Crippen LogP contribution in [0.25, 0.3) is 0 Å². The van der Waals surface area contributed by atoms with Gasteiger partial charge in [0, 0.05) is 13.0 Å². The zero-order chi connectivity index (χ0) is 15.2. The van der Waals surface area contributed by atoms with Crippen molar-refractivity contribution in [2.75, 3.05) is 13.3 Å². The van der Waals surface area contributed by atoms with Crippen LogP contribution in [0.1, 0.15) is 24.8 Å². The number of carbonyl (C=O) groups is 2. The minimum absolute atomic E-state index is 0.0732. The monoisotopic (exact) mass is 299 g/mol. The fourth-order valence-corrected chi connectivity index (χ4v) is 3.58. The number of likely N-dealkylation sites (tertiary alicyclic amines) is 1. The second kappa shape index (κ2) is 4.87. The highest BCUT2D eigenvalue weighted by atomic mass is 16.7. The summed E-state index contributed by atoms with van der Waals surface area (Å²) in [5.41, 5.74) is 0.477. The van der Waals surface area contributed by atoms with Crippen LogP contribution in [0.2, 0.25) is 0 Å². The van der Waals surface area contributed by atoms with Crippen LogP contribution in [0.15, 0.2) is 30.4 Å². The third-order valence-corrected chi connectivity index (χ3v) is 4.81. The number of rotatable bonds is 3. The van der Waals surface area contributed by atoms with Crippen molar-refractivity contribution in [3.63, 3.8) is 0 Å². The molecule has 0 aromatic heterocycles. The lowest BCUT2D eigenvalue weighted by atomic mass is 9.92. The highest BCUT2D eigenvalue weighted by Crippen LogP contribution is 2.38. The molecule has 0 N–H and O–H groups in total. The largest absolute Gasteiger partial charge is 0.454 e. The van der Waals surface area contributed by atoms with Gasteiger partial charge in [-0.2, -0.15) is 0 Å². The van der Waals surface area contributed by atoms with E-state index < -0.39 is 5.54 Å². The van der Waals surface area contributed by atoms with Crippen molar-refractivity contribution in [3.05, 3.63) is 35.9 Å². The van der Waals surface area contributed by atoms with E-state index in [1.54, 1.807) is 11.0 Å². The van der Waals surface area contributed by atoms with Crippen LogP contribution in [-0.2, 0) is 16.0 Å². The number of amides is 1. The number of fused-ring (bicyclic) bond motifs is 1. The molecule has 22 heavy (non-hydrogen) atoms. The average molecular weight is 299 g/mol. The molecule has 114 valence electrons. The van der Waals surface area contributed by atoms with Crippen LogP contribution >= 0.6 is 0 Å². The Morgan fingerprint density at radius 1 is 1.18 bits per heavy atom. The van der Waals surface area contributed by atoms with Crippen molar-refractivity contribution in [2.24, 2.45) is 0 Å². The van der Waals surface area contributed by atoms with E-state index in [2.05, 4.69) is 0 Å². The Balaban J connectivity index is 1.50. The Kier molecular flexibility index (Phi) is 2.96. The van der Waals surface area contributed by atoms with Gasteiger partial charge in [-0.25, -0.2) is 0 Å². The predicted molar refractivity (Wildman–Crippen MR) is 78.7 cm³/mol. The summed E-state index contributed by atoms with van der Waals surface area (Å²) in [5, 5.41) is 0. The standard InChI is InChI=1S/C17H17NO4/c19-15-2-1-7-17(15)8-5-16(20)18(17)9-6-12-3-4-13-14(10-12)22-11-21-13/h1-4,10H,5-9,11H2/t17-/m1/s1. The zero-order valence-corrected chi connectivity index (χ0v) is 12.2. The smallest absolute Gasteiger partial charge is 0.231 e. The third-order valence-electron chi connectivity index (χ3n) is 4.81. The molecule has 2 aliphatic heterocycles. The lowest BCUT2D eigenvalue weighted by Crippen LogP contribution is -2.50. The van der Waals surface area contributed by atoms with Crippen LogP contribution in [0.3, 0.4) is 0 Å². The van der Waals surface area contributed by atoms with E-state index in [0.717, 1.165) is 17.1 Å². The first-order valence-corrected chi connectivity index (χ1v) is 7.59. The van der Waals surface area contributed by atoms with Gasteiger partial charge in [0.25, 0.3) is 0 Å². The van der Waals surface area contributed by atoms with Crippen LogP contribution in [0, 0.1) is 0 Å². The highest BCUT2D eigenvalue weighted by Gasteiger charge is 2.50. The van der Waals surface area contributed by atoms with Gasteiger partial charge in [-0.15, -0.1) is 0 Å². The SMILES string of the molecule is O=C1CC[C@@]2(CC=CC2=O)N1CCc1ccc2c(c1)OCO2. The zero-order valence-electron chi connectivity index (χ0n) is 12.2. The Labute approximate surface area is 128 Å². The van der Waals surface area contributed by atoms with Crippen molar-refractivity contribution < 1.29 is 19.1 Å². The fraction of sp³-hybridized carbons (Fsp3) is 0.412. The summed E-state index contributed by atoms with van der Waals surface area (Å²) in [7, 11) is 0. The summed E-state index contributed by atoms with van der Waals surface area (Å²) < 4.78 is 10.7. The Morgan fingerprint density at radius 3 is 2.86 bits per heavy atom. The van der Waals surface area contributed by atoms with Gasteiger partial charge >= 0.3 is 0 Å². The molecule has 0 radical (unpaired) electrons. The van der Waals surface area contributed by atoms with Crippen molar-refractivity contribution in [3.8, 4) is 11.5 Å². The Morgan fingerprint density at radius 2 is 2.05 bits per heavy atom. The highest BCUT2D eigenvalue weighted by molar-refractivity contribution is 6.04. The van der Waals surface area contributed by atoms with Crippen LogP contribution < -0.4 is 9.47 Å². The summed E-state index contributed by atoms with van der Waals surface area (Å²) in [4.78, 5) is 26.2. The van der Waals surface area contributed by atoms with Gasteiger partial charge in [-0.3, -0.25) is 9.59 Å². The number of ether oxygens (including phenoxy) is 2. The minimum Gasteiger partial charge on any atom is -0.454 e. The maximum absolute atomic E-state index is 12.2. The topological polar surface area (TPSA) is 55.8 Å². The first kappa shape index (κ1) is 13.4. The number of carbonyl (C=O) groups excluding carboxylic acids is 2. The van der Waals surface area contributed by atoms with Gasteiger partial charge in [-0.1, -0.05) is 12.1 Å². The molecule has 3 aliphatic rings. The van der Waals surface area contributed by atoms with E-state index >= 15 is 0 Å². The second-order valence-corrected chi connectivity index (χ2v) is 5.99. The summed E-state index contributed by atoms with van der Waals surface area (Å²) >= 11 is 0. The third kappa shape index (κ3) is 1.92. The van der Waals surface area contributed by atoms with E-state index in [-0.39, 0.29) is 18.5 Å². The summed E-state index contributed by atoms with van der Waals surface area (Å²) in [6, 6.07) is 5.82. The molecule has 1 spiro atoms. The van der Waals surface area contributed by atoms with Crippen molar-refractivity contribution in [2.45, 2.75) is 31.2 Å². The molecule has 5 nitrogen and oxygen atoms in total. The average Bonchev–Trinajstić information content (AvgIpc) is 3.19. The minimum atomic E-state index is -0.604. The van der Waals surface area contributed by atoms with Gasteiger partial charge < -0.3 is 14.4 Å². The quantitative estimate of drug-likeness (QED) is 0.854. The summed E-state index contributed by atoms with van der Waals surface area (Å²) in [6.45, 7) is 0.818. The first-order chi connectivity index (χ1) is 10.7. The van der Waals surface area contributed by atoms with Crippen LogP contribution in [0.4, 0.5) is 0 Å². The number of ketones is 1. The number of hydrogen-bond donors (Lipinski definition) is 0. The number of hydrogen-bond acceptors (Lipinski definition) is 4. The molecule has 1 fully saturated rings. The molecule has 4 rings (SSSR count). The molecule has 0 unspecified atom stereocenters. The Bertz CT molecular complexity index is 681. The first-order valence-electron chi connectivity index (χ1n) is 7.59. The molecule has 2 heterocycles. The van der Waals surface area contributed by atoms with Crippen molar-refractivity contribution >= 4 is 11.7 Å². The predicted octanol–water partition coefficient (Wildman–Crippen LogP) is 1.85.